The highest BCUT2D eigenvalue weighted by Gasteiger charge is 2.20. The predicted octanol–water partition coefficient (Wildman–Crippen LogP) is 4.24. The zero-order valence-electron chi connectivity index (χ0n) is 9.64. The van der Waals surface area contributed by atoms with E-state index in [9.17, 15) is 4.39 Å². The van der Waals surface area contributed by atoms with Crippen LogP contribution in [0.3, 0.4) is 0 Å². The van der Waals surface area contributed by atoms with Gasteiger partial charge >= 0.3 is 0 Å². The Bertz CT molecular complexity index is 564. The molecule has 2 nitrogen and oxygen atoms in total. The van der Waals surface area contributed by atoms with Crippen LogP contribution in [-0.4, -0.2) is 9.97 Å². The molecule has 18 heavy (non-hydrogen) atoms. The van der Waals surface area contributed by atoms with E-state index in [1.165, 1.54) is 6.08 Å². The SMILES string of the molecule is C=C(Cl)/C=C(\C(=C)F)c1nc(Cl)c2c(n1)CCC2. The van der Waals surface area contributed by atoms with Gasteiger partial charge in [0.2, 0.25) is 0 Å². The number of fused-ring (bicyclic) bond motifs is 1. The van der Waals surface area contributed by atoms with Gasteiger partial charge in [0.15, 0.2) is 5.82 Å². The molecule has 1 aliphatic carbocycles. The molecule has 0 radical (unpaired) electrons. The van der Waals surface area contributed by atoms with Gasteiger partial charge in [0.1, 0.15) is 11.0 Å². The Labute approximate surface area is 115 Å². The molecule has 1 aromatic rings. The van der Waals surface area contributed by atoms with Crippen molar-refractivity contribution in [3.05, 3.63) is 52.3 Å². The van der Waals surface area contributed by atoms with Gasteiger partial charge in [-0.2, -0.15) is 0 Å². The van der Waals surface area contributed by atoms with Crippen molar-refractivity contribution in [3.63, 3.8) is 0 Å². The van der Waals surface area contributed by atoms with Crippen LogP contribution in [0.1, 0.15) is 23.5 Å². The Kier molecular flexibility index (Phi) is 3.83. The van der Waals surface area contributed by atoms with Gasteiger partial charge in [0.25, 0.3) is 0 Å². The highest BCUT2D eigenvalue weighted by Crippen LogP contribution is 2.30. The van der Waals surface area contributed by atoms with E-state index >= 15 is 0 Å². The van der Waals surface area contributed by atoms with Gasteiger partial charge in [-0.15, -0.1) is 0 Å². The molecule has 0 aromatic carbocycles. The van der Waals surface area contributed by atoms with Crippen LogP contribution in [0.15, 0.2) is 30.1 Å². The molecule has 0 saturated carbocycles. The van der Waals surface area contributed by atoms with E-state index in [1.807, 2.05) is 0 Å². The lowest BCUT2D eigenvalue weighted by Crippen LogP contribution is -2.01. The maximum atomic E-state index is 13.4. The van der Waals surface area contributed by atoms with Crippen molar-refractivity contribution in [2.45, 2.75) is 19.3 Å². The van der Waals surface area contributed by atoms with Crippen LogP contribution in [0.5, 0.6) is 0 Å². The summed E-state index contributed by atoms with van der Waals surface area (Å²) < 4.78 is 13.4. The molecule has 1 aliphatic rings. The first-order valence-electron chi connectivity index (χ1n) is 5.45. The van der Waals surface area contributed by atoms with E-state index in [-0.39, 0.29) is 16.4 Å². The van der Waals surface area contributed by atoms with Crippen molar-refractivity contribution in [3.8, 4) is 0 Å². The Balaban J connectivity index is 2.53. The maximum Gasteiger partial charge on any atom is 0.164 e. The van der Waals surface area contributed by atoms with Crippen molar-refractivity contribution >= 4 is 28.8 Å². The van der Waals surface area contributed by atoms with Crippen LogP contribution in [0.4, 0.5) is 4.39 Å². The minimum Gasteiger partial charge on any atom is -0.233 e. The Morgan fingerprint density at radius 3 is 2.61 bits per heavy atom. The molecule has 0 fully saturated rings. The highest BCUT2D eigenvalue weighted by atomic mass is 35.5. The van der Waals surface area contributed by atoms with Crippen molar-refractivity contribution in [2.75, 3.05) is 0 Å². The molecular formula is C13H11Cl2FN2. The molecule has 0 N–H and O–H groups in total. The zero-order chi connectivity index (χ0) is 13.3. The van der Waals surface area contributed by atoms with Crippen LogP contribution in [-0.2, 0) is 12.8 Å². The average Bonchev–Trinajstić information content (AvgIpc) is 2.73. The van der Waals surface area contributed by atoms with E-state index in [0.29, 0.717) is 5.15 Å². The summed E-state index contributed by atoms with van der Waals surface area (Å²) in [5.41, 5.74) is 1.94. The van der Waals surface area contributed by atoms with Gasteiger partial charge in [-0.1, -0.05) is 36.4 Å². The van der Waals surface area contributed by atoms with Gasteiger partial charge in [-0.3, -0.25) is 0 Å². The highest BCUT2D eigenvalue weighted by molar-refractivity contribution is 6.31. The summed E-state index contributed by atoms with van der Waals surface area (Å²) in [6.07, 6.45) is 4.03. The van der Waals surface area contributed by atoms with Crippen molar-refractivity contribution < 1.29 is 4.39 Å². The molecule has 5 heteroatoms. The minimum atomic E-state index is -0.661. The quantitative estimate of drug-likeness (QED) is 0.613. The van der Waals surface area contributed by atoms with Crippen LogP contribution in [0.2, 0.25) is 5.15 Å². The Morgan fingerprint density at radius 2 is 2.00 bits per heavy atom. The van der Waals surface area contributed by atoms with E-state index < -0.39 is 5.83 Å². The first kappa shape index (κ1) is 13.2. The summed E-state index contributed by atoms with van der Waals surface area (Å²) in [5.74, 6) is -0.458. The van der Waals surface area contributed by atoms with Gasteiger partial charge in [0, 0.05) is 16.3 Å². The van der Waals surface area contributed by atoms with E-state index in [2.05, 4.69) is 23.1 Å². The lowest BCUT2D eigenvalue weighted by atomic mass is 10.2. The average molecular weight is 285 g/mol. The third-order valence-electron chi connectivity index (χ3n) is 2.72. The number of rotatable bonds is 3. The molecule has 0 unspecified atom stereocenters. The number of halogens is 3. The van der Waals surface area contributed by atoms with Gasteiger partial charge in [-0.25, -0.2) is 14.4 Å². The smallest absolute Gasteiger partial charge is 0.164 e. The van der Waals surface area contributed by atoms with E-state index in [4.69, 9.17) is 23.2 Å². The fraction of sp³-hybridized carbons (Fsp3) is 0.231. The standard InChI is InChI=1S/C13H11Cl2FN2/c1-7(14)6-10(8(2)16)13-17-11-5-3-4-9(11)12(15)18-13/h6H,1-5H2/b10-6+. The lowest BCUT2D eigenvalue weighted by Gasteiger charge is -2.07. The predicted molar refractivity (Wildman–Crippen MR) is 72.3 cm³/mol. The monoisotopic (exact) mass is 284 g/mol. The van der Waals surface area contributed by atoms with Gasteiger partial charge in [-0.05, 0) is 25.3 Å². The Morgan fingerprint density at radius 1 is 1.28 bits per heavy atom. The molecule has 0 aliphatic heterocycles. The summed E-state index contributed by atoms with van der Waals surface area (Å²) in [7, 11) is 0. The minimum absolute atomic E-state index is 0.117. The van der Waals surface area contributed by atoms with E-state index in [1.54, 1.807) is 0 Å². The molecule has 1 aromatic heterocycles. The number of hydrogen-bond donors (Lipinski definition) is 0. The second-order valence-electron chi connectivity index (χ2n) is 4.03. The summed E-state index contributed by atoms with van der Waals surface area (Å²) in [6, 6.07) is 0. The maximum absolute atomic E-state index is 13.4. The number of allylic oxidation sites excluding steroid dienone is 4. The van der Waals surface area contributed by atoms with Crippen molar-refractivity contribution in [1.82, 2.24) is 9.97 Å². The molecule has 0 saturated heterocycles. The fourth-order valence-corrected chi connectivity index (χ4v) is 2.32. The molecule has 2 rings (SSSR count). The largest absolute Gasteiger partial charge is 0.233 e. The second kappa shape index (κ2) is 5.21. The molecular weight excluding hydrogens is 274 g/mol. The molecule has 0 atom stereocenters. The van der Waals surface area contributed by atoms with Crippen molar-refractivity contribution in [2.24, 2.45) is 0 Å². The lowest BCUT2D eigenvalue weighted by molar-refractivity contribution is 0.675. The number of nitrogens with zero attached hydrogens (tertiary/aromatic N) is 2. The normalized spacial score (nSPS) is 14.5. The Hall–Kier alpha value is -1.19. The fourth-order valence-electron chi connectivity index (χ4n) is 1.93. The zero-order valence-corrected chi connectivity index (χ0v) is 11.2. The summed E-state index contributed by atoms with van der Waals surface area (Å²) >= 11 is 11.7. The second-order valence-corrected chi connectivity index (χ2v) is 4.87. The van der Waals surface area contributed by atoms with Crippen LogP contribution < -0.4 is 0 Å². The molecule has 94 valence electrons. The van der Waals surface area contributed by atoms with Gasteiger partial charge < -0.3 is 0 Å². The van der Waals surface area contributed by atoms with Crippen LogP contribution in [0.25, 0.3) is 5.57 Å². The summed E-state index contributed by atoms with van der Waals surface area (Å²) in [4.78, 5) is 8.43. The molecule has 0 spiro atoms. The summed E-state index contributed by atoms with van der Waals surface area (Å²) in [5, 5.41) is 0.559. The summed E-state index contributed by atoms with van der Waals surface area (Å²) in [6.45, 7) is 6.74. The first-order valence-corrected chi connectivity index (χ1v) is 6.21. The third kappa shape index (κ3) is 2.62. The molecule has 0 amide bonds. The number of hydrogen-bond acceptors (Lipinski definition) is 2. The van der Waals surface area contributed by atoms with Crippen molar-refractivity contribution in [1.29, 1.82) is 0 Å². The third-order valence-corrected chi connectivity index (χ3v) is 3.14. The molecule has 1 heterocycles. The topological polar surface area (TPSA) is 25.8 Å². The first-order chi connectivity index (χ1) is 8.49. The van der Waals surface area contributed by atoms with Crippen LogP contribution >= 0.6 is 23.2 Å². The number of aryl methyl sites for hydroxylation is 1. The van der Waals surface area contributed by atoms with Gasteiger partial charge in [0.05, 0.1) is 5.57 Å². The number of aromatic nitrogens is 2. The van der Waals surface area contributed by atoms with Crippen LogP contribution in [0, 0.1) is 0 Å². The van der Waals surface area contributed by atoms with E-state index in [0.717, 1.165) is 30.5 Å². The molecule has 0 bridgehead atoms.